The van der Waals surface area contributed by atoms with Crippen LogP contribution >= 0.6 is 27.3 Å². The van der Waals surface area contributed by atoms with E-state index >= 15 is 0 Å². The lowest BCUT2D eigenvalue weighted by Crippen LogP contribution is -2.05. The van der Waals surface area contributed by atoms with E-state index in [9.17, 15) is 0 Å². The maximum Gasteiger partial charge on any atom is 0.126 e. The van der Waals surface area contributed by atoms with Gasteiger partial charge in [-0.3, -0.25) is 0 Å². The largest absolute Gasteiger partial charge is 0.367 e. The molecule has 2 heterocycles. The van der Waals surface area contributed by atoms with E-state index in [0.717, 1.165) is 26.6 Å². The van der Waals surface area contributed by atoms with Crippen molar-refractivity contribution in [1.29, 1.82) is 0 Å². The van der Waals surface area contributed by atoms with Crippen LogP contribution in [0.5, 0.6) is 0 Å². The maximum atomic E-state index is 4.53. The van der Waals surface area contributed by atoms with Gasteiger partial charge in [-0.1, -0.05) is 0 Å². The normalized spacial score (nSPS) is 10.7. The highest BCUT2D eigenvalue weighted by molar-refractivity contribution is 9.11. The number of nitrogens with one attached hydrogen (secondary N) is 2. The van der Waals surface area contributed by atoms with E-state index in [1.165, 1.54) is 0 Å². The molecule has 74 valence electrons. The Hall–Kier alpha value is -0.650. The molecule has 14 heavy (non-hydrogen) atoms. The summed E-state index contributed by atoms with van der Waals surface area (Å²) in [6.07, 6.45) is 3.86. The molecule has 2 rings (SSSR count). The summed E-state index contributed by atoms with van der Waals surface area (Å²) in [5.41, 5.74) is 2.20. The summed E-state index contributed by atoms with van der Waals surface area (Å²) in [4.78, 5) is 7.56. The molecule has 0 radical (unpaired) electrons. The molecule has 0 bridgehead atoms. The van der Waals surface area contributed by atoms with Gasteiger partial charge in [0, 0.05) is 24.5 Å². The van der Waals surface area contributed by atoms with Crippen molar-refractivity contribution in [3.8, 4) is 10.6 Å². The number of aromatic nitrogens is 2. The number of H-pyrrole nitrogens is 1. The minimum Gasteiger partial charge on any atom is -0.367 e. The Labute approximate surface area is 94.7 Å². The average Bonchev–Trinajstić information content (AvgIpc) is 2.76. The van der Waals surface area contributed by atoms with E-state index in [0.29, 0.717) is 0 Å². The van der Waals surface area contributed by atoms with Crippen LogP contribution in [0.25, 0.3) is 10.6 Å². The van der Waals surface area contributed by atoms with Crippen molar-refractivity contribution in [2.45, 2.75) is 6.54 Å². The molecule has 0 saturated carbocycles. The monoisotopic (exact) mass is 271 g/mol. The lowest BCUT2D eigenvalue weighted by atomic mass is 10.3. The molecule has 0 aliphatic rings. The average molecular weight is 272 g/mol. The van der Waals surface area contributed by atoms with Gasteiger partial charge in [0.05, 0.1) is 9.48 Å². The molecule has 2 N–H and O–H groups in total. The first-order valence-corrected chi connectivity index (χ1v) is 5.85. The fraction of sp³-hybridized carbons (Fsp3) is 0.222. The van der Waals surface area contributed by atoms with Crippen LogP contribution in [0.2, 0.25) is 0 Å². The number of thiazole rings is 1. The van der Waals surface area contributed by atoms with Gasteiger partial charge in [0.1, 0.15) is 5.01 Å². The van der Waals surface area contributed by atoms with Gasteiger partial charge < -0.3 is 10.3 Å². The number of nitrogens with zero attached hydrogens (tertiary/aromatic N) is 1. The Morgan fingerprint density at radius 2 is 2.50 bits per heavy atom. The summed E-state index contributed by atoms with van der Waals surface area (Å²) in [5.74, 6) is 0. The van der Waals surface area contributed by atoms with E-state index < -0.39 is 0 Å². The molecule has 0 aliphatic heterocycles. The molecular weight excluding hydrogens is 262 g/mol. The van der Waals surface area contributed by atoms with E-state index in [-0.39, 0.29) is 0 Å². The molecule has 0 spiro atoms. The lowest BCUT2D eigenvalue weighted by molar-refractivity contribution is 0.795. The third-order valence-electron chi connectivity index (χ3n) is 1.84. The Morgan fingerprint density at radius 3 is 3.14 bits per heavy atom. The minimum absolute atomic E-state index is 0.793. The van der Waals surface area contributed by atoms with Crippen LogP contribution < -0.4 is 5.32 Å². The number of hydrogen-bond acceptors (Lipinski definition) is 3. The molecule has 0 unspecified atom stereocenters. The molecule has 5 heteroatoms. The molecule has 2 aromatic heterocycles. The minimum atomic E-state index is 0.793. The smallest absolute Gasteiger partial charge is 0.126 e. The van der Waals surface area contributed by atoms with Crippen molar-refractivity contribution in [2.75, 3.05) is 7.05 Å². The van der Waals surface area contributed by atoms with Crippen LogP contribution in [0.15, 0.2) is 22.2 Å². The van der Waals surface area contributed by atoms with Gasteiger partial charge in [0.15, 0.2) is 0 Å². The predicted octanol–water partition coefficient (Wildman–Crippen LogP) is 2.62. The quantitative estimate of drug-likeness (QED) is 0.901. The second-order valence-corrected chi connectivity index (χ2v) is 5.19. The van der Waals surface area contributed by atoms with E-state index in [4.69, 9.17) is 0 Å². The number of aromatic amines is 1. The molecule has 0 atom stereocenters. The van der Waals surface area contributed by atoms with Gasteiger partial charge >= 0.3 is 0 Å². The zero-order valence-electron chi connectivity index (χ0n) is 7.67. The number of rotatable bonds is 3. The standard InChI is InChI=1S/C9H10BrN3S/c1-11-5-7-8(10)14-9(13-7)6-2-3-12-4-6/h2-4,11-12H,5H2,1H3. The zero-order valence-corrected chi connectivity index (χ0v) is 10.1. The first-order chi connectivity index (χ1) is 6.81. The summed E-state index contributed by atoms with van der Waals surface area (Å²) in [5, 5.41) is 4.13. The maximum absolute atomic E-state index is 4.53. The van der Waals surface area contributed by atoms with Crippen LogP contribution in [0.1, 0.15) is 5.69 Å². The molecule has 0 aromatic carbocycles. The van der Waals surface area contributed by atoms with Crippen molar-refractivity contribution < 1.29 is 0 Å². The van der Waals surface area contributed by atoms with Crippen LogP contribution in [0.4, 0.5) is 0 Å². The first kappa shape index (κ1) is 9.89. The SMILES string of the molecule is CNCc1nc(-c2cc[nH]c2)sc1Br. The topological polar surface area (TPSA) is 40.7 Å². The summed E-state index contributed by atoms with van der Waals surface area (Å²) >= 11 is 5.17. The van der Waals surface area contributed by atoms with Crippen molar-refractivity contribution in [1.82, 2.24) is 15.3 Å². The summed E-state index contributed by atoms with van der Waals surface area (Å²) in [7, 11) is 1.92. The highest BCUT2D eigenvalue weighted by Gasteiger charge is 2.09. The Bertz CT molecular complexity index is 408. The third-order valence-corrected chi connectivity index (χ3v) is 3.72. The van der Waals surface area contributed by atoms with Gasteiger partial charge in [-0.15, -0.1) is 11.3 Å². The summed E-state index contributed by atoms with van der Waals surface area (Å²) in [6, 6.07) is 2.02. The van der Waals surface area contributed by atoms with E-state index in [1.54, 1.807) is 11.3 Å². The molecule has 0 aliphatic carbocycles. The Balaban J connectivity index is 2.33. The zero-order chi connectivity index (χ0) is 9.97. The molecule has 0 amide bonds. The highest BCUT2D eigenvalue weighted by atomic mass is 79.9. The fourth-order valence-corrected chi connectivity index (χ4v) is 2.68. The Kier molecular flexibility index (Phi) is 3.00. The Morgan fingerprint density at radius 1 is 1.64 bits per heavy atom. The van der Waals surface area contributed by atoms with Gasteiger partial charge in [-0.2, -0.15) is 0 Å². The second-order valence-electron chi connectivity index (χ2n) is 2.87. The molecule has 3 nitrogen and oxygen atoms in total. The van der Waals surface area contributed by atoms with E-state index in [1.807, 2.05) is 25.5 Å². The summed E-state index contributed by atoms with van der Waals surface area (Å²) < 4.78 is 1.10. The number of hydrogen-bond donors (Lipinski definition) is 2. The fourth-order valence-electron chi connectivity index (χ4n) is 1.19. The molecule has 0 fully saturated rings. The van der Waals surface area contributed by atoms with Crippen LogP contribution in [-0.4, -0.2) is 17.0 Å². The second kappa shape index (κ2) is 4.25. The molecular formula is C9H10BrN3S. The lowest BCUT2D eigenvalue weighted by Gasteiger charge is -1.92. The van der Waals surface area contributed by atoms with Gasteiger partial charge in [-0.05, 0) is 29.0 Å². The van der Waals surface area contributed by atoms with Crippen LogP contribution in [0.3, 0.4) is 0 Å². The van der Waals surface area contributed by atoms with Crippen molar-refractivity contribution in [3.05, 3.63) is 27.9 Å². The van der Waals surface area contributed by atoms with Crippen molar-refractivity contribution >= 4 is 27.3 Å². The highest BCUT2D eigenvalue weighted by Crippen LogP contribution is 2.31. The van der Waals surface area contributed by atoms with Gasteiger partial charge in [0.25, 0.3) is 0 Å². The summed E-state index contributed by atoms with van der Waals surface area (Å²) in [6.45, 7) is 0.793. The van der Waals surface area contributed by atoms with Crippen molar-refractivity contribution in [3.63, 3.8) is 0 Å². The third kappa shape index (κ3) is 1.89. The van der Waals surface area contributed by atoms with Crippen LogP contribution in [-0.2, 0) is 6.54 Å². The number of halogens is 1. The first-order valence-electron chi connectivity index (χ1n) is 4.24. The van der Waals surface area contributed by atoms with Gasteiger partial charge in [0.2, 0.25) is 0 Å². The molecule has 2 aromatic rings. The molecule has 0 saturated heterocycles. The van der Waals surface area contributed by atoms with Gasteiger partial charge in [-0.25, -0.2) is 4.98 Å². The van der Waals surface area contributed by atoms with Crippen molar-refractivity contribution in [2.24, 2.45) is 0 Å². The van der Waals surface area contributed by atoms with Crippen LogP contribution in [0, 0.1) is 0 Å². The predicted molar refractivity (Wildman–Crippen MR) is 62.4 cm³/mol. The van der Waals surface area contributed by atoms with E-state index in [2.05, 4.69) is 31.2 Å².